The second-order valence-electron chi connectivity index (χ2n) is 7.14. The van der Waals surface area contributed by atoms with Gasteiger partial charge in [0.15, 0.2) is 0 Å². The Morgan fingerprint density at radius 1 is 0.733 bits per heavy atom. The fourth-order valence-corrected chi connectivity index (χ4v) is 4.05. The molecule has 6 heteroatoms. The van der Waals surface area contributed by atoms with Gasteiger partial charge in [0.05, 0.1) is 6.61 Å². The zero-order chi connectivity index (χ0) is 21.4. The third-order valence-electron chi connectivity index (χ3n) is 4.38. The van der Waals surface area contributed by atoms with E-state index in [4.69, 9.17) is 13.8 Å². The Bertz CT molecular complexity index is 918. The first-order chi connectivity index (χ1) is 14.5. The number of hydrogen-bond donors (Lipinski definition) is 1. The van der Waals surface area contributed by atoms with Crippen molar-refractivity contribution in [2.75, 3.05) is 11.7 Å². The fraction of sp³-hybridized carbons (Fsp3) is 0.250. The van der Waals surface area contributed by atoms with E-state index in [-0.39, 0.29) is 0 Å². The highest BCUT2D eigenvalue weighted by atomic mass is 31.2. The van der Waals surface area contributed by atoms with E-state index in [2.05, 4.69) is 12.0 Å². The van der Waals surface area contributed by atoms with Crippen molar-refractivity contribution >= 4 is 13.4 Å². The first-order valence-corrected chi connectivity index (χ1v) is 11.6. The van der Waals surface area contributed by atoms with Gasteiger partial charge in [0.1, 0.15) is 17.2 Å². The summed E-state index contributed by atoms with van der Waals surface area (Å²) in [5.41, 5.74) is 2.78. The lowest BCUT2D eigenvalue weighted by Crippen LogP contribution is -2.10. The van der Waals surface area contributed by atoms with Gasteiger partial charge >= 0.3 is 7.75 Å². The standard InChI is InChI=1S/C24H28NO4P/c1-4-5-18-27-22-16-10-21(11-17-22)25-30(26,28-23-12-6-19(2)7-13-23)29-24-14-8-20(3)9-15-24/h6-17H,4-5,18H2,1-3H3,(H,25,26). The highest BCUT2D eigenvalue weighted by molar-refractivity contribution is 7.56. The molecule has 3 aromatic carbocycles. The van der Waals surface area contributed by atoms with Crippen molar-refractivity contribution in [2.24, 2.45) is 0 Å². The normalized spacial score (nSPS) is 11.0. The summed E-state index contributed by atoms with van der Waals surface area (Å²) in [6.07, 6.45) is 2.08. The predicted molar refractivity (Wildman–Crippen MR) is 122 cm³/mol. The van der Waals surface area contributed by atoms with Gasteiger partial charge in [-0.15, -0.1) is 0 Å². The number of hydrogen-bond acceptors (Lipinski definition) is 4. The van der Waals surface area contributed by atoms with E-state index in [1.807, 2.05) is 50.2 Å². The molecule has 0 radical (unpaired) electrons. The second kappa shape index (κ2) is 10.2. The number of rotatable bonds is 10. The van der Waals surface area contributed by atoms with Crippen molar-refractivity contribution in [3.8, 4) is 17.2 Å². The Hall–Kier alpha value is -2.91. The van der Waals surface area contributed by atoms with Crippen molar-refractivity contribution < 1.29 is 18.3 Å². The van der Waals surface area contributed by atoms with E-state index in [0.29, 0.717) is 23.8 Å². The number of aryl methyl sites for hydroxylation is 2. The molecule has 30 heavy (non-hydrogen) atoms. The minimum absolute atomic E-state index is 0.461. The van der Waals surface area contributed by atoms with Gasteiger partial charge in [-0.2, -0.15) is 0 Å². The van der Waals surface area contributed by atoms with Crippen molar-refractivity contribution in [3.05, 3.63) is 83.9 Å². The van der Waals surface area contributed by atoms with E-state index < -0.39 is 7.75 Å². The smallest absolute Gasteiger partial charge is 0.494 e. The van der Waals surface area contributed by atoms with Crippen molar-refractivity contribution in [1.82, 2.24) is 0 Å². The average Bonchev–Trinajstić information content (AvgIpc) is 2.73. The third kappa shape index (κ3) is 6.57. The zero-order valence-electron chi connectivity index (χ0n) is 17.6. The molecular formula is C24H28NO4P. The zero-order valence-corrected chi connectivity index (χ0v) is 18.5. The molecule has 0 saturated heterocycles. The number of anilines is 1. The van der Waals surface area contributed by atoms with E-state index in [1.54, 1.807) is 36.4 Å². The maximum atomic E-state index is 13.6. The van der Waals surface area contributed by atoms with Crippen LogP contribution in [0.1, 0.15) is 30.9 Å². The van der Waals surface area contributed by atoms with Gasteiger partial charge in [-0.05, 0) is 68.8 Å². The second-order valence-corrected chi connectivity index (χ2v) is 8.73. The molecule has 0 bridgehead atoms. The Kier molecular flexibility index (Phi) is 7.42. The summed E-state index contributed by atoms with van der Waals surface area (Å²) in [6.45, 7) is 6.76. The van der Waals surface area contributed by atoms with Gasteiger partial charge in [-0.1, -0.05) is 48.7 Å². The van der Waals surface area contributed by atoms with Crippen LogP contribution in [0.3, 0.4) is 0 Å². The summed E-state index contributed by atoms with van der Waals surface area (Å²) in [7, 11) is -3.75. The van der Waals surface area contributed by atoms with Crippen LogP contribution in [0.25, 0.3) is 0 Å². The summed E-state index contributed by atoms with van der Waals surface area (Å²) >= 11 is 0. The lowest BCUT2D eigenvalue weighted by atomic mass is 10.2. The maximum Gasteiger partial charge on any atom is 0.541 e. The van der Waals surface area contributed by atoms with Crippen LogP contribution >= 0.6 is 7.75 Å². The molecule has 3 rings (SSSR count). The minimum Gasteiger partial charge on any atom is -0.494 e. The first kappa shape index (κ1) is 21.8. The Balaban J connectivity index is 1.78. The Morgan fingerprint density at radius 3 is 1.67 bits per heavy atom. The minimum atomic E-state index is -3.75. The molecule has 1 N–H and O–H groups in total. The van der Waals surface area contributed by atoms with E-state index in [0.717, 1.165) is 29.7 Å². The lowest BCUT2D eigenvalue weighted by Gasteiger charge is -2.21. The number of ether oxygens (including phenoxy) is 1. The highest BCUT2D eigenvalue weighted by Gasteiger charge is 2.29. The fourth-order valence-electron chi connectivity index (χ4n) is 2.66. The summed E-state index contributed by atoms with van der Waals surface area (Å²) in [4.78, 5) is 0. The molecule has 0 atom stereocenters. The highest BCUT2D eigenvalue weighted by Crippen LogP contribution is 2.48. The van der Waals surface area contributed by atoms with Gasteiger partial charge in [0.2, 0.25) is 0 Å². The van der Waals surface area contributed by atoms with Gasteiger partial charge in [0, 0.05) is 5.69 Å². The van der Waals surface area contributed by atoms with Gasteiger partial charge in [0.25, 0.3) is 0 Å². The first-order valence-electron chi connectivity index (χ1n) is 10.1. The number of nitrogens with one attached hydrogen (secondary N) is 1. The van der Waals surface area contributed by atoms with Gasteiger partial charge < -0.3 is 13.8 Å². The largest absolute Gasteiger partial charge is 0.541 e. The van der Waals surface area contributed by atoms with Gasteiger partial charge in [-0.25, -0.2) is 4.57 Å². The van der Waals surface area contributed by atoms with Crippen LogP contribution < -0.4 is 18.9 Å². The number of unbranched alkanes of at least 4 members (excludes halogenated alkanes) is 1. The molecule has 5 nitrogen and oxygen atoms in total. The monoisotopic (exact) mass is 425 g/mol. The molecular weight excluding hydrogens is 397 g/mol. The predicted octanol–water partition coefficient (Wildman–Crippen LogP) is 7.16. The van der Waals surface area contributed by atoms with E-state index in [1.165, 1.54) is 0 Å². The third-order valence-corrected chi connectivity index (χ3v) is 5.81. The SMILES string of the molecule is CCCCOc1ccc(NP(=O)(Oc2ccc(C)cc2)Oc2ccc(C)cc2)cc1. The molecule has 0 fully saturated rings. The maximum absolute atomic E-state index is 13.6. The van der Waals surface area contributed by atoms with Crippen LogP contribution in [0, 0.1) is 13.8 Å². The van der Waals surface area contributed by atoms with E-state index >= 15 is 0 Å². The van der Waals surface area contributed by atoms with Gasteiger partial charge in [-0.3, -0.25) is 5.09 Å². The molecule has 0 spiro atoms. The molecule has 0 aliphatic heterocycles. The quantitative estimate of drug-likeness (QED) is 0.276. The summed E-state index contributed by atoms with van der Waals surface area (Å²) in [6, 6.07) is 21.9. The average molecular weight is 425 g/mol. The molecule has 0 saturated carbocycles. The lowest BCUT2D eigenvalue weighted by molar-refractivity contribution is 0.309. The Labute approximate surface area is 178 Å². The number of benzene rings is 3. The van der Waals surface area contributed by atoms with Crippen LogP contribution in [0.4, 0.5) is 5.69 Å². The van der Waals surface area contributed by atoms with Crippen molar-refractivity contribution in [3.63, 3.8) is 0 Å². The Morgan fingerprint density at radius 2 is 1.20 bits per heavy atom. The van der Waals surface area contributed by atoms with Crippen molar-refractivity contribution in [2.45, 2.75) is 33.6 Å². The molecule has 3 aromatic rings. The molecule has 0 amide bonds. The van der Waals surface area contributed by atoms with Crippen LogP contribution in [0.5, 0.6) is 17.2 Å². The summed E-state index contributed by atoms with van der Waals surface area (Å²) in [5.74, 6) is 1.69. The van der Waals surface area contributed by atoms with Crippen LogP contribution in [-0.4, -0.2) is 6.61 Å². The molecule has 0 aliphatic rings. The van der Waals surface area contributed by atoms with Crippen molar-refractivity contribution in [1.29, 1.82) is 0 Å². The topological polar surface area (TPSA) is 56.8 Å². The van der Waals surface area contributed by atoms with E-state index in [9.17, 15) is 4.57 Å². The molecule has 158 valence electrons. The van der Waals surface area contributed by atoms with Crippen LogP contribution in [0.15, 0.2) is 72.8 Å². The van der Waals surface area contributed by atoms with Crippen LogP contribution in [-0.2, 0) is 4.57 Å². The van der Waals surface area contributed by atoms with Crippen LogP contribution in [0.2, 0.25) is 0 Å². The molecule has 0 unspecified atom stereocenters. The molecule has 0 aliphatic carbocycles. The molecule has 0 aromatic heterocycles. The summed E-state index contributed by atoms with van der Waals surface area (Å²) in [5, 5.41) is 2.93. The molecule has 0 heterocycles. The summed E-state index contributed by atoms with van der Waals surface area (Å²) < 4.78 is 30.9.